The van der Waals surface area contributed by atoms with Gasteiger partial charge in [-0.1, -0.05) is 0 Å². The summed E-state index contributed by atoms with van der Waals surface area (Å²) >= 11 is -0.650. The zero-order valence-electron chi connectivity index (χ0n) is 6.39. The van der Waals surface area contributed by atoms with Gasteiger partial charge in [-0.25, -0.2) is 0 Å². The molecule has 60 valence electrons. The molecule has 0 fully saturated rings. The zero-order chi connectivity index (χ0) is 7.84. The Morgan fingerprint density at radius 2 is 2.45 bits per heavy atom. The van der Waals surface area contributed by atoms with E-state index >= 15 is 0 Å². The van der Waals surface area contributed by atoms with E-state index in [2.05, 4.69) is 10.2 Å². The number of aromatic nitrogens is 2. The maximum absolute atomic E-state index is 11.1. The van der Waals surface area contributed by atoms with Crippen molar-refractivity contribution in [2.45, 2.75) is 19.1 Å². The Hall–Kier alpha value is -0.480. The van der Waals surface area contributed by atoms with E-state index in [1.807, 2.05) is 6.92 Å². The highest BCUT2D eigenvalue weighted by atomic mass is 32.2. The SMILES string of the molecule is Cc1n[nH]c2c1C[S+]([O-])CC2. The van der Waals surface area contributed by atoms with E-state index in [4.69, 9.17) is 0 Å². The van der Waals surface area contributed by atoms with Crippen molar-refractivity contribution in [3.63, 3.8) is 0 Å². The molecule has 1 unspecified atom stereocenters. The number of H-pyrrole nitrogens is 1. The van der Waals surface area contributed by atoms with Crippen LogP contribution in [0.4, 0.5) is 0 Å². The molecule has 1 N–H and O–H groups in total. The molecule has 0 aromatic carbocycles. The standard InChI is InChI=1S/C7H10N2OS/c1-5-6-4-11(10)3-2-7(6)9-8-5/h2-4H2,1H3,(H,8,9). The molecule has 2 heterocycles. The van der Waals surface area contributed by atoms with Crippen LogP contribution >= 0.6 is 0 Å². The lowest BCUT2D eigenvalue weighted by Crippen LogP contribution is -2.18. The number of aromatic amines is 1. The minimum Gasteiger partial charge on any atom is -0.616 e. The molecular formula is C7H10N2OS. The van der Waals surface area contributed by atoms with Crippen LogP contribution in [0, 0.1) is 6.92 Å². The number of fused-ring (bicyclic) bond motifs is 1. The number of nitrogens with zero attached hydrogens (tertiary/aromatic N) is 1. The maximum atomic E-state index is 11.1. The molecule has 0 amide bonds. The van der Waals surface area contributed by atoms with Crippen molar-refractivity contribution in [2.24, 2.45) is 0 Å². The molecule has 1 aliphatic rings. The number of aryl methyl sites for hydroxylation is 2. The fourth-order valence-electron chi connectivity index (χ4n) is 1.35. The summed E-state index contributed by atoms with van der Waals surface area (Å²) in [6, 6.07) is 0. The van der Waals surface area contributed by atoms with Crippen LogP contribution in [0.1, 0.15) is 17.0 Å². The summed E-state index contributed by atoms with van der Waals surface area (Å²) in [7, 11) is 0. The molecular weight excluding hydrogens is 160 g/mol. The highest BCUT2D eigenvalue weighted by Crippen LogP contribution is 2.20. The fraction of sp³-hybridized carbons (Fsp3) is 0.571. The highest BCUT2D eigenvalue weighted by molar-refractivity contribution is 7.90. The number of hydrogen-bond acceptors (Lipinski definition) is 2. The molecule has 4 heteroatoms. The Bertz CT molecular complexity index is 271. The Morgan fingerprint density at radius 3 is 3.27 bits per heavy atom. The normalized spacial score (nSPS) is 23.3. The lowest BCUT2D eigenvalue weighted by atomic mass is 10.2. The van der Waals surface area contributed by atoms with Gasteiger partial charge in [0.1, 0.15) is 11.5 Å². The molecule has 0 spiro atoms. The molecule has 1 aliphatic heterocycles. The first kappa shape index (κ1) is 7.18. The van der Waals surface area contributed by atoms with Gasteiger partial charge in [0.2, 0.25) is 0 Å². The lowest BCUT2D eigenvalue weighted by molar-refractivity contribution is 0.590. The Balaban J connectivity index is 2.37. The van der Waals surface area contributed by atoms with Crippen molar-refractivity contribution in [1.82, 2.24) is 10.2 Å². The summed E-state index contributed by atoms with van der Waals surface area (Å²) in [5.41, 5.74) is 3.37. The zero-order valence-corrected chi connectivity index (χ0v) is 7.20. The fourth-order valence-corrected chi connectivity index (χ4v) is 2.63. The van der Waals surface area contributed by atoms with E-state index in [1.54, 1.807) is 0 Å². The molecule has 0 radical (unpaired) electrons. The van der Waals surface area contributed by atoms with Crippen LogP contribution in [-0.2, 0) is 23.3 Å². The van der Waals surface area contributed by atoms with Gasteiger partial charge in [0.15, 0.2) is 0 Å². The minimum absolute atomic E-state index is 0.650. The number of rotatable bonds is 0. The van der Waals surface area contributed by atoms with Crippen LogP contribution in [0.2, 0.25) is 0 Å². The van der Waals surface area contributed by atoms with Crippen LogP contribution in [0.15, 0.2) is 0 Å². The molecule has 11 heavy (non-hydrogen) atoms. The Labute approximate surface area is 68.4 Å². The van der Waals surface area contributed by atoms with E-state index in [0.717, 1.165) is 17.9 Å². The third kappa shape index (κ3) is 1.16. The lowest BCUT2D eigenvalue weighted by Gasteiger charge is -2.15. The second-order valence-corrected chi connectivity index (χ2v) is 4.38. The van der Waals surface area contributed by atoms with Gasteiger partial charge in [-0.15, -0.1) is 0 Å². The summed E-state index contributed by atoms with van der Waals surface area (Å²) in [5, 5.41) is 7.04. The van der Waals surface area contributed by atoms with Crippen molar-refractivity contribution in [2.75, 3.05) is 5.75 Å². The number of nitrogens with one attached hydrogen (secondary N) is 1. The van der Waals surface area contributed by atoms with Crippen molar-refractivity contribution < 1.29 is 4.55 Å². The molecule has 1 aromatic heterocycles. The first-order valence-electron chi connectivity index (χ1n) is 3.65. The van der Waals surface area contributed by atoms with Gasteiger partial charge < -0.3 is 4.55 Å². The van der Waals surface area contributed by atoms with Gasteiger partial charge in [0.25, 0.3) is 0 Å². The summed E-state index contributed by atoms with van der Waals surface area (Å²) < 4.78 is 11.1. The van der Waals surface area contributed by atoms with Crippen LogP contribution < -0.4 is 0 Å². The average molecular weight is 170 g/mol. The van der Waals surface area contributed by atoms with Gasteiger partial charge in [0, 0.05) is 17.7 Å². The Morgan fingerprint density at radius 1 is 1.64 bits per heavy atom. The van der Waals surface area contributed by atoms with E-state index < -0.39 is 11.2 Å². The van der Waals surface area contributed by atoms with Gasteiger partial charge in [0.05, 0.1) is 5.69 Å². The Kier molecular flexibility index (Phi) is 1.65. The van der Waals surface area contributed by atoms with Crippen molar-refractivity contribution in [3.8, 4) is 0 Å². The van der Waals surface area contributed by atoms with Crippen LogP contribution in [0.25, 0.3) is 0 Å². The van der Waals surface area contributed by atoms with Gasteiger partial charge in [-0.3, -0.25) is 5.10 Å². The molecule has 1 aromatic rings. The summed E-state index contributed by atoms with van der Waals surface area (Å²) in [6.45, 7) is 1.96. The van der Waals surface area contributed by atoms with Crippen molar-refractivity contribution >= 4 is 11.2 Å². The van der Waals surface area contributed by atoms with E-state index in [1.165, 1.54) is 11.3 Å². The predicted octanol–water partition coefficient (Wildman–Crippen LogP) is 0.523. The van der Waals surface area contributed by atoms with Crippen LogP contribution in [0.5, 0.6) is 0 Å². The summed E-state index contributed by atoms with van der Waals surface area (Å²) in [5.74, 6) is 1.48. The first-order valence-corrected chi connectivity index (χ1v) is 5.14. The smallest absolute Gasteiger partial charge is 0.134 e. The summed E-state index contributed by atoms with van der Waals surface area (Å²) in [6.07, 6.45) is 0.892. The van der Waals surface area contributed by atoms with E-state index in [9.17, 15) is 4.55 Å². The maximum Gasteiger partial charge on any atom is 0.134 e. The van der Waals surface area contributed by atoms with E-state index in [-0.39, 0.29) is 0 Å². The van der Waals surface area contributed by atoms with Crippen molar-refractivity contribution in [1.29, 1.82) is 0 Å². The topological polar surface area (TPSA) is 51.7 Å². The first-order chi connectivity index (χ1) is 5.27. The molecule has 2 rings (SSSR count). The number of hydrogen-bond donors (Lipinski definition) is 1. The van der Waals surface area contributed by atoms with E-state index in [0.29, 0.717) is 5.75 Å². The third-order valence-corrected chi connectivity index (χ3v) is 3.31. The highest BCUT2D eigenvalue weighted by Gasteiger charge is 2.22. The monoisotopic (exact) mass is 170 g/mol. The summed E-state index contributed by atoms with van der Waals surface area (Å²) in [4.78, 5) is 0. The molecule has 3 nitrogen and oxygen atoms in total. The largest absolute Gasteiger partial charge is 0.616 e. The van der Waals surface area contributed by atoms with Gasteiger partial charge in [-0.2, -0.15) is 5.10 Å². The molecule has 0 bridgehead atoms. The second-order valence-electron chi connectivity index (χ2n) is 2.80. The molecule has 1 atom stereocenters. The van der Waals surface area contributed by atoms with Crippen LogP contribution in [0.3, 0.4) is 0 Å². The quantitative estimate of drug-likeness (QED) is 0.577. The second kappa shape index (κ2) is 2.53. The predicted molar refractivity (Wildman–Crippen MR) is 43.7 cm³/mol. The van der Waals surface area contributed by atoms with Gasteiger partial charge >= 0.3 is 0 Å². The molecule has 0 aliphatic carbocycles. The minimum atomic E-state index is -0.650. The van der Waals surface area contributed by atoms with Gasteiger partial charge in [-0.05, 0) is 18.1 Å². The third-order valence-electron chi connectivity index (χ3n) is 2.04. The average Bonchev–Trinajstić information content (AvgIpc) is 2.33. The molecule has 0 saturated carbocycles. The van der Waals surface area contributed by atoms with Crippen LogP contribution in [-0.4, -0.2) is 20.5 Å². The van der Waals surface area contributed by atoms with Crippen molar-refractivity contribution in [3.05, 3.63) is 17.0 Å². The molecule has 0 saturated heterocycles.